The predicted molar refractivity (Wildman–Crippen MR) is 122 cm³/mol. The van der Waals surface area contributed by atoms with Gasteiger partial charge in [0.15, 0.2) is 0 Å². The number of aliphatic hydroxyl groups is 1. The van der Waals surface area contributed by atoms with Crippen molar-refractivity contribution >= 4 is 5.97 Å². The van der Waals surface area contributed by atoms with Crippen molar-refractivity contribution in [2.75, 3.05) is 14.1 Å². The highest BCUT2D eigenvalue weighted by Gasteiger charge is 2.10. The minimum atomic E-state index is -0.678. The topological polar surface area (TPSA) is 107 Å². The van der Waals surface area contributed by atoms with Crippen LogP contribution >= 0.6 is 0 Å². The van der Waals surface area contributed by atoms with Gasteiger partial charge in [-0.05, 0) is 19.3 Å². The summed E-state index contributed by atoms with van der Waals surface area (Å²) in [6.07, 6.45) is 16.7. The van der Waals surface area contributed by atoms with Crippen LogP contribution in [-0.4, -0.2) is 47.2 Å². The minimum Gasteiger partial charge on any atom is -0.632 e. The third-order valence-corrected chi connectivity index (χ3v) is 5.29. The van der Waals surface area contributed by atoms with Crippen molar-refractivity contribution in [3.05, 3.63) is 5.21 Å². The van der Waals surface area contributed by atoms with Gasteiger partial charge in [-0.1, -0.05) is 84.5 Å². The summed E-state index contributed by atoms with van der Waals surface area (Å²) in [4.78, 5) is 10.3. The highest BCUT2D eigenvalue weighted by atomic mass is 16.5. The molecule has 6 heteroatoms. The molecule has 0 aliphatic heterocycles. The number of hydroxylamine groups is 3. The highest BCUT2D eigenvalue weighted by molar-refractivity contribution is 5.66. The summed E-state index contributed by atoms with van der Waals surface area (Å²) in [6, 6.07) is 0. The highest BCUT2D eigenvalue weighted by Crippen LogP contribution is 2.14. The van der Waals surface area contributed by atoms with Gasteiger partial charge in [-0.15, -0.1) is 0 Å². The molecule has 0 aromatic heterocycles. The van der Waals surface area contributed by atoms with Gasteiger partial charge in [-0.3, -0.25) is 10.5 Å². The van der Waals surface area contributed by atoms with E-state index in [1.54, 1.807) is 14.1 Å². The van der Waals surface area contributed by atoms with E-state index in [2.05, 4.69) is 6.92 Å². The molecule has 0 aliphatic carbocycles. The van der Waals surface area contributed by atoms with Crippen LogP contribution in [0.5, 0.6) is 0 Å². The number of carbonyl (C=O) groups is 1. The van der Waals surface area contributed by atoms with E-state index in [0.29, 0.717) is 6.42 Å². The Morgan fingerprint density at radius 3 is 1.62 bits per heavy atom. The van der Waals surface area contributed by atoms with Gasteiger partial charge < -0.3 is 20.1 Å². The summed E-state index contributed by atoms with van der Waals surface area (Å²) in [5, 5.41) is 29.2. The zero-order valence-corrected chi connectivity index (χ0v) is 19.7. The van der Waals surface area contributed by atoms with Crippen molar-refractivity contribution in [2.24, 2.45) is 5.73 Å². The second-order valence-electron chi connectivity index (χ2n) is 8.67. The van der Waals surface area contributed by atoms with E-state index in [1.807, 2.05) is 6.92 Å². The van der Waals surface area contributed by atoms with Crippen LogP contribution in [0.3, 0.4) is 0 Å². The van der Waals surface area contributed by atoms with Gasteiger partial charge in [0.05, 0.1) is 20.2 Å². The van der Waals surface area contributed by atoms with Gasteiger partial charge in [0, 0.05) is 12.8 Å². The van der Waals surface area contributed by atoms with E-state index in [9.17, 15) is 15.1 Å². The van der Waals surface area contributed by atoms with Gasteiger partial charge in [-0.25, -0.2) is 0 Å². The molecule has 6 nitrogen and oxygen atoms in total. The zero-order valence-electron chi connectivity index (χ0n) is 19.7. The van der Waals surface area contributed by atoms with E-state index in [-0.39, 0.29) is 12.3 Å². The SMILES string of the molecule is CCC(N)[N+](C)(C)[O-].CCCCCCC(O)CCCCCCCCCCC(=O)O. The van der Waals surface area contributed by atoms with E-state index >= 15 is 0 Å². The molecule has 0 aromatic rings. The number of unbranched alkanes of at least 4 members (excludes halogenated alkanes) is 10. The summed E-state index contributed by atoms with van der Waals surface area (Å²) in [5.41, 5.74) is 5.41. The first-order chi connectivity index (χ1) is 13.6. The van der Waals surface area contributed by atoms with Gasteiger partial charge in [0.1, 0.15) is 6.17 Å². The summed E-state index contributed by atoms with van der Waals surface area (Å²) >= 11 is 0. The molecule has 2 unspecified atom stereocenters. The molecule has 4 N–H and O–H groups in total. The molecule has 0 spiro atoms. The Hall–Kier alpha value is -0.690. The number of hydrogen-bond donors (Lipinski definition) is 3. The average molecular weight is 419 g/mol. The molecule has 176 valence electrons. The van der Waals surface area contributed by atoms with E-state index < -0.39 is 10.6 Å². The normalized spacial score (nSPS) is 13.5. The first kappa shape index (κ1) is 30.5. The molecule has 0 aromatic carbocycles. The second-order valence-corrected chi connectivity index (χ2v) is 8.67. The summed E-state index contributed by atoms with van der Waals surface area (Å²) < 4.78 is -0.392. The quantitative estimate of drug-likeness (QED) is 0.117. The number of carboxylic acids is 1. The summed E-state index contributed by atoms with van der Waals surface area (Å²) in [5.74, 6) is -0.678. The van der Waals surface area contributed by atoms with Crippen LogP contribution < -0.4 is 5.73 Å². The number of quaternary nitrogens is 1. The lowest BCUT2D eigenvalue weighted by Crippen LogP contribution is -2.48. The van der Waals surface area contributed by atoms with Crippen LogP contribution in [0.1, 0.15) is 117 Å². The van der Waals surface area contributed by atoms with Crippen molar-refractivity contribution in [1.29, 1.82) is 0 Å². The molecule has 0 aliphatic rings. The maximum atomic E-state index is 10.8. The molecular formula is C23H50N2O4. The number of nitrogens with two attached hydrogens (primary N) is 1. The minimum absolute atomic E-state index is 0.0853. The third-order valence-electron chi connectivity index (χ3n) is 5.29. The van der Waals surface area contributed by atoms with Crippen LogP contribution in [0, 0.1) is 5.21 Å². The lowest BCUT2D eigenvalue weighted by Gasteiger charge is -2.38. The number of nitrogens with zero attached hydrogens (tertiary/aromatic N) is 1. The van der Waals surface area contributed by atoms with E-state index in [4.69, 9.17) is 10.8 Å². The van der Waals surface area contributed by atoms with Gasteiger partial charge in [-0.2, -0.15) is 0 Å². The maximum Gasteiger partial charge on any atom is 0.303 e. The number of aliphatic hydroxyl groups excluding tert-OH is 1. The molecule has 0 rings (SSSR count). The van der Waals surface area contributed by atoms with E-state index in [1.165, 1.54) is 51.4 Å². The Bertz CT molecular complexity index is 359. The van der Waals surface area contributed by atoms with E-state index in [0.717, 1.165) is 44.9 Å². The lowest BCUT2D eigenvalue weighted by molar-refractivity contribution is -0.866. The van der Waals surface area contributed by atoms with Crippen LogP contribution in [0.4, 0.5) is 0 Å². The maximum absolute atomic E-state index is 10.8. The standard InChI is InChI=1S/C18H36O3.C5H14N2O/c1-2-3-4-11-14-17(19)15-12-9-7-5-6-8-10-13-16-18(20)21;1-4-5(6)7(2,3)8/h17,19H,2-16H2,1H3,(H,20,21);5H,4,6H2,1-3H3. The number of carboxylic acid groups (broad SMARTS) is 1. The molecule has 0 amide bonds. The largest absolute Gasteiger partial charge is 0.632 e. The third kappa shape index (κ3) is 25.3. The van der Waals surface area contributed by atoms with Gasteiger partial charge >= 0.3 is 5.97 Å². The molecule has 2 atom stereocenters. The molecular weight excluding hydrogens is 368 g/mol. The van der Waals surface area contributed by atoms with Crippen LogP contribution in [0.15, 0.2) is 0 Å². The fourth-order valence-electron chi connectivity index (χ4n) is 3.11. The zero-order chi connectivity index (χ0) is 22.5. The van der Waals surface area contributed by atoms with Crippen LogP contribution in [0.2, 0.25) is 0 Å². The molecule has 0 saturated heterocycles. The summed E-state index contributed by atoms with van der Waals surface area (Å²) in [7, 11) is 3.10. The van der Waals surface area contributed by atoms with Crippen molar-refractivity contribution in [2.45, 2.75) is 129 Å². The predicted octanol–water partition coefficient (Wildman–Crippen LogP) is 5.56. The lowest BCUT2D eigenvalue weighted by atomic mass is 10.0. The van der Waals surface area contributed by atoms with Gasteiger partial charge in [0.25, 0.3) is 0 Å². The molecule has 0 radical (unpaired) electrons. The molecule has 0 fully saturated rings. The first-order valence-corrected chi connectivity index (χ1v) is 11.8. The first-order valence-electron chi connectivity index (χ1n) is 11.8. The molecule has 0 heterocycles. The number of aliphatic carboxylic acids is 1. The van der Waals surface area contributed by atoms with Crippen LogP contribution in [0.25, 0.3) is 0 Å². The molecule has 0 bridgehead atoms. The summed E-state index contributed by atoms with van der Waals surface area (Å²) in [6.45, 7) is 4.12. The Kier molecular flexibility index (Phi) is 21.6. The Morgan fingerprint density at radius 1 is 0.862 bits per heavy atom. The van der Waals surface area contributed by atoms with Crippen molar-refractivity contribution in [3.63, 3.8) is 0 Å². The Labute approximate surface area is 180 Å². The van der Waals surface area contributed by atoms with Gasteiger partial charge in [0.2, 0.25) is 0 Å². The van der Waals surface area contributed by atoms with Crippen molar-refractivity contribution in [1.82, 2.24) is 0 Å². The fourth-order valence-corrected chi connectivity index (χ4v) is 3.11. The van der Waals surface area contributed by atoms with Crippen molar-refractivity contribution in [3.8, 4) is 0 Å². The second kappa shape index (κ2) is 20.6. The molecule has 29 heavy (non-hydrogen) atoms. The molecule has 0 saturated carbocycles. The fraction of sp³-hybridized carbons (Fsp3) is 0.957. The Balaban J connectivity index is 0. The Morgan fingerprint density at radius 2 is 1.28 bits per heavy atom. The van der Waals surface area contributed by atoms with Crippen molar-refractivity contribution < 1.29 is 19.7 Å². The number of hydrogen-bond acceptors (Lipinski definition) is 4. The van der Waals surface area contributed by atoms with Crippen LogP contribution in [-0.2, 0) is 4.79 Å². The number of rotatable bonds is 18. The smallest absolute Gasteiger partial charge is 0.303 e. The average Bonchev–Trinajstić information content (AvgIpc) is 2.65. The monoisotopic (exact) mass is 418 g/mol.